The van der Waals surface area contributed by atoms with Gasteiger partial charge in [-0.05, 0) is 6.07 Å². The zero-order valence-electron chi connectivity index (χ0n) is 7.45. The quantitative estimate of drug-likeness (QED) is 0.738. The van der Waals surface area contributed by atoms with E-state index < -0.39 is 11.8 Å². The van der Waals surface area contributed by atoms with Crippen molar-refractivity contribution in [3.05, 3.63) is 35.3 Å². The smallest absolute Gasteiger partial charge is 0.353 e. The molecule has 5 heteroatoms. The van der Waals surface area contributed by atoms with E-state index in [4.69, 9.17) is 5.11 Å². The molecule has 2 aromatic rings. The van der Waals surface area contributed by atoms with Gasteiger partial charge in [0.2, 0.25) is 0 Å². The summed E-state index contributed by atoms with van der Waals surface area (Å²) in [6, 6.07) is 4.11. The van der Waals surface area contributed by atoms with E-state index in [1.807, 2.05) is 0 Å². The highest BCUT2D eigenvalue weighted by Gasteiger charge is 2.17. The number of benzene rings is 1. The van der Waals surface area contributed by atoms with Gasteiger partial charge in [0, 0.05) is 5.39 Å². The van der Waals surface area contributed by atoms with E-state index in [9.17, 15) is 14.0 Å². The van der Waals surface area contributed by atoms with Crippen LogP contribution in [0.2, 0.25) is 0 Å². The Bertz CT molecular complexity index is 559. The van der Waals surface area contributed by atoms with Crippen LogP contribution < -0.4 is 0 Å². The topological polar surface area (TPSA) is 70.2 Å². The van der Waals surface area contributed by atoms with Gasteiger partial charge in [-0.1, -0.05) is 12.1 Å². The number of nitrogens with one attached hydrogen (secondary N) is 1. The number of hydrogen-bond donors (Lipinski definition) is 2. The Morgan fingerprint density at radius 2 is 2.20 bits per heavy atom. The van der Waals surface area contributed by atoms with Gasteiger partial charge < -0.3 is 10.1 Å². The fourth-order valence-electron chi connectivity index (χ4n) is 1.49. The number of halogens is 1. The highest BCUT2D eigenvalue weighted by molar-refractivity contribution is 6.07. The van der Waals surface area contributed by atoms with Gasteiger partial charge in [0.05, 0.1) is 11.1 Å². The lowest BCUT2D eigenvalue weighted by Gasteiger charge is -1.90. The van der Waals surface area contributed by atoms with E-state index in [1.165, 1.54) is 18.2 Å². The molecule has 0 aliphatic carbocycles. The number of H-pyrrole nitrogens is 1. The predicted octanol–water partition coefficient (Wildman–Crippen LogP) is 1.82. The van der Waals surface area contributed by atoms with Crippen LogP contribution in [-0.2, 0) is 0 Å². The molecular formula is C10H6FNO3. The first-order valence-corrected chi connectivity index (χ1v) is 4.14. The average molecular weight is 207 g/mol. The number of fused-ring (bicyclic) bond motifs is 1. The maximum absolute atomic E-state index is 13.2. The molecule has 0 aliphatic rings. The van der Waals surface area contributed by atoms with Crippen LogP contribution in [0.1, 0.15) is 20.8 Å². The maximum Gasteiger partial charge on any atom is 0.353 e. The van der Waals surface area contributed by atoms with Crippen LogP contribution in [0.3, 0.4) is 0 Å². The summed E-state index contributed by atoms with van der Waals surface area (Å²) in [7, 11) is 0. The second-order valence-corrected chi connectivity index (χ2v) is 3.00. The number of aromatic nitrogens is 1. The zero-order valence-corrected chi connectivity index (χ0v) is 7.45. The summed E-state index contributed by atoms with van der Waals surface area (Å²) in [6.07, 6.45) is 0.404. The molecule has 4 nitrogen and oxygen atoms in total. The number of carbonyl (C=O) groups excluding carboxylic acids is 1. The van der Waals surface area contributed by atoms with Crippen LogP contribution in [0.4, 0.5) is 4.39 Å². The molecule has 0 aliphatic heterocycles. The number of carboxylic acids is 1. The molecule has 1 aromatic carbocycles. The first-order chi connectivity index (χ1) is 7.15. The largest absolute Gasteiger partial charge is 0.477 e. The van der Waals surface area contributed by atoms with Crippen LogP contribution >= 0.6 is 0 Å². The predicted molar refractivity (Wildman–Crippen MR) is 50.6 cm³/mol. The van der Waals surface area contributed by atoms with Gasteiger partial charge in [0.25, 0.3) is 0 Å². The zero-order chi connectivity index (χ0) is 11.0. The van der Waals surface area contributed by atoms with Gasteiger partial charge in [-0.25, -0.2) is 9.18 Å². The number of para-hydroxylation sites is 1. The van der Waals surface area contributed by atoms with E-state index in [0.717, 1.165) is 0 Å². The van der Waals surface area contributed by atoms with Crippen molar-refractivity contribution in [2.45, 2.75) is 0 Å². The summed E-state index contributed by atoms with van der Waals surface area (Å²) >= 11 is 0. The van der Waals surface area contributed by atoms with E-state index in [1.54, 1.807) is 0 Å². The highest BCUT2D eigenvalue weighted by Crippen LogP contribution is 2.23. The Labute approximate surface area is 83.3 Å². The van der Waals surface area contributed by atoms with Crippen molar-refractivity contribution in [2.24, 2.45) is 0 Å². The number of aldehydes is 1. The number of carbonyl (C=O) groups is 2. The minimum Gasteiger partial charge on any atom is -0.477 e. The van der Waals surface area contributed by atoms with Gasteiger partial charge in [0.1, 0.15) is 11.5 Å². The summed E-state index contributed by atoms with van der Waals surface area (Å²) in [6.45, 7) is 0. The van der Waals surface area contributed by atoms with Gasteiger partial charge in [-0.15, -0.1) is 0 Å². The SMILES string of the molecule is O=Cc1c(C(=O)O)[nH]c2c(F)cccc12. The van der Waals surface area contributed by atoms with Crippen molar-refractivity contribution in [1.82, 2.24) is 4.98 Å². The number of carboxylic acid groups (broad SMARTS) is 1. The van der Waals surface area contributed by atoms with Crippen LogP contribution in [0.15, 0.2) is 18.2 Å². The Morgan fingerprint density at radius 3 is 2.80 bits per heavy atom. The Kier molecular flexibility index (Phi) is 2.00. The third-order valence-electron chi connectivity index (χ3n) is 2.15. The summed E-state index contributed by atoms with van der Waals surface area (Å²) in [5, 5.41) is 9.06. The molecule has 0 atom stereocenters. The Morgan fingerprint density at radius 1 is 1.47 bits per heavy atom. The lowest BCUT2D eigenvalue weighted by atomic mass is 10.1. The maximum atomic E-state index is 13.2. The number of rotatable bonds is 2. The summed E-state index contributed by atoms with van der Waals surface area (Å²) < 4.78 is 13.2. The van der Waals surface area contributed by atoms with E-state index in [-0.39, 0.29) is 22.2 Å². The fraction of sp³-hybridized carbons (Fsp3) is 0. The molecule has 15 heavy (non-hydrogen) atoms. The minimum atomic E-state index is -1.28. The molecule has 0 spiro atoms. The van der Waals surface area contributed by atoms with Gasteiger partial charge >= 0.3 is 5.97 Å². The van der Waals surface area contributed by atoms with Gasteiger partial charge in [0.15, 0.2) is 6.29 Å². The van der Waals surface area contributed by atoms with Crippen molar-refractivity contribution >= 4 is 23.2 Å². The van der Waals surface area contributed by atoms with E-state index in [2.05, 4.69) is 4.98 Å². The third kappa shape index (κ3) is 1.28. The molecule has 0 amide bonds. The van der Waals surface area contributed by atoms with Crippen molar-refractivity contribution in [1.29, 1.82) is 0 Å². The molecule has 76 valence electrons. The molecule has 0 radical (unpaired) electrons. The monoisotopic (exact) mass is 207 g/mol. The first-order valence-electron chi connectivity index (χ1n) is 4.14. The molecule has 0 saturated heterocycles. The molecule has 0 unspecified atom stereocenters. The molecule has 1 heterocycles. The lowest BCUT2D eigenvalue weighted by Crippen LogP contribution is -2.00. The normalized spacial score (nSPS) is 10.5. The van der Waals surface area contributed by atoms with Gasteiger partial charge in [-0.3, -0.25) is 4.79 Å². The first kappa shape index (κ1) is 9.39. The van der Waals surface area contributed by atoms with Crippen molar-refractivity contribution in [2.75, 3.05) is 0 Å². The van der Waals surface area contributed by atoms with E-state index >= 15 is 0 Å². The van der Waals surface area contributed by atoms with Crippen LogP contribution in [0, 0.1) is 5.82 Å². The number of aromatic amines is 1. The third-order valence-corrected chi connectivity index (χ3v) is 2.15. The van der Waals surface area contributed by atoms with Crippen LogP contribution in [-0.4, -0.2) is 22.3 Å². The average Bonchev–Trinajstić information content (AvgIpc) is 2.57. The lowest BCUT2D eigenvalue weighted by molar-refractivity contribution is 0.0688. The Hall–Kier alpha value is -2.17. The minimum absolute atomic E-state index is 0.0306. The summed E-state index contributed by atoms with van der Waals surface area (Å²) in [5.41, 5.74) is -0.279. The van der Waals surface area contributed by atoms with Crippen molar-refractivity contribution in [3.63, 3.8) is 0 Å². The van der Waals surface area contributed by atoms with Crippen LogP contribution in [0.25, 0.3) is 10.9 Å². The number of hydrogen-bond acceptors (Lipinski definition) is 2. The fourth-order valence-corrected chi connectivity index (χ4v) is 1.49. The molecule has 0 bridgehead atoms. The molecule has 2 N–H and O–H groups in total. The number of aromatic carboxylic acids is 1. The molecule has 0 fully saturated rings. The highest BCUT2D eigenvalue weighted by atomic mass is 19.1. The van der Waals surface area contributed by atoms with Gasteiger partial charge in [-0.2, -0.15) is 0 Å². The molecule has 1 aromatic heterocycles. The van der Waals surface area contributed by atoms with Crippen molar-refractivity contribution < 1.29 is 19.1 Å². The summed E-state index contributed by atoms with van der Waals surface area (Å²) in [4.78, 5) is 23.8. The van der Waals surface area contributed by atoms with E-state index in [0.29, 0.717) is 6.29 Å². The molecule has 2 rings (SSSR count). The molecule has 0 saturated carbocycles. The second-order valence-electron chi connectivity index (χ2n) is 3.00. The Balaban J connectivity index is 2.90. The summed E-state index contributed by atoms with van der Waals surface area (Å²) in [5.74, 6) is -1.86. The van der Waals surface area contributed by atoms with Crippen molar-refractivity contribution in [3.8, 4) is 0 Å². The molecular weight excluding hydrogens is 201 g/mol. The standard InChI is InChI=1S/C10H6FNO3/c11-7-3-1-2-5-6(4-13)9(10(14)15)12-8(5)7/h1-4,12H,(H,14,15). The second kappa shape index (κ2) is 3.20. The van der Waals surface area contributed by atoms with Crippen LogP contribution in [0.5, 0.6) is 0 Å².